The second-order valence-electron chi connectivity index (χ2n) is 7.78. The zero-order valence-corrected chi connectivity index (χ0v) is 17.7. The van der Waals surface area contributed by atoms with Gasteiger partial charge in [0.2, 0.25) is 5.91 Å². The maximum absolute atomic E-state index is 13.0. The quantitative estimate of drug-likeness (QED) is 0.578. The lowest BCUT2D eigenvalue weighted by Gasteiger charge is -2.35. The number of halogens is 2. The molecule has 1 heterocycles. The fourth-order valence-corrected chi connectivity index (χ4v) is 3.89. The predicted molar refractivity (Wildman–Crippen MR) is 112 cm³/mol. The number of hydrogen-bond acceptors (Lipinski definition) is 6. The number of anilines is 2. The predicted octanol–water partition coefficient (Wildman–Crippen LogP) is 2.04. The van der Waals surface area contributed by atoms with Crippen LogP contribution < -0.4 is 20.7 Å². The number of nitrogens with zero attached hydrogens (tertiary/aromatic N) is 2. The van der Waals surface area contributed by atoms with Crippen LogP contribution in [0.1, 0.15) is 26.2 Å². The number of alkyl halides is 2. The number of hydrogen-bond donors (Lipinski definition) is 2. The van der Waals surface area contributed by atoms with Crippen molar-refractivity contribution in [3.63, 3.8) is 0 Å². The van der Waals surface area contributed by atoms with Crippen LogP contribution in [0.4, 0.5) is 20.2 Å². The van der Waals surface area contributed by atoms with Gasteiger partial charge in [-0.1, -0.05) is 13.3 Å². The normalized spacial score (nSPS) is 18.3. The van der Waals surface area contributed by atoms with Gasteiger partial charge in [0.1, 0.15) is 12.6 Å². The standard InChI is InChI=1S/C21H30F2N4O4/c1-2-26(12-14-4-3-5-14)17(11-24)20(29)25-16-7-6-15(10-18(16)31-21(22)23)27-8-9-30-13-19(27)28/h6-7,10,14,17,21H,2-5,8-9,11-13,24H2,1H3,(H,25,29)/t17-/m0/s1. The number of rotatable bonds is 10. The van der Waals surface area contributed by atoms with Crippen LogP contribution in [0.25, 0.3) is 0 Å². The molecule has 0 aromatic heterocycles. The topological polar surface area (TPSA) is 97.1 Å². The Labute approximate surface area is 180 Å². The minimum Gasteiger partial charge on any atom is -0.433 e. The van der Waals surface area contributed by atoms with Gasteiger partial charge in [-0.25, -0.2) is 0 Å². The largest absolute Gasteiger partial charge is 0.433 e. The van der Waals surface area contributed by atoms with Crippen LogP contribution in [0, 0.1) is 5.92 Å². The first-order valence-corrected chi connectivity index (χ1v) is 10.6. The summed E-state index contributed by atoms with van der Waals surface area (Å²) in [5.74, 6) is -0.301. The van der Waals surface area contributed by atoms with Crippen LogP contribution >= 0.6 is 0 Å². The number of ether oxygens (including phenoxy) is 2. The first-order valence-electron chi connectivity index (χ1n) is 10.6. The fourth-order valence-electron chi connectivity index (χ4n) is 3.89. The van der Waals surface area contributed by atoms with E-state index in [2.05, 4.69) is 10.1 Å². The van der Waals surface area contributed by atoms with Crippen LogP contribution in [-0.4, -0.2) is 68.8 Å². The Morgan fingerprint density at radius 3 is 2.77 bits per heavy atom. The molecule has 0 radical (unpaired) electrons. The van der Waals surface area contributed by atoms with E-state index in [1.165, 1.54) is 23.5 Å². The molecular formula is C21H30F2N4O4. The van der Waals surface area contributed by atoms with Crippen molar-refractivity contribution < 1.29 is 27.8 Å². The van der Waals surface area contributed by atoms with Gasteiger partial charge in [0.25, 0.3) is 5.91 Å². The highest BCUT2D eigenvalue weighted by Crippen LogP contribution is 2.32. The summed E-state index contributed by atoms with van der Waals surface area (Å²) in [4.78, 5) is 28.5. The highest BCUT2D eigenvalue weighted by molar-refractivity contribution is 5.98. The summed E-state index contributed by atoms with van der Waals surface area (Å²) in [6.07, 6.45) is 3.49. The Balaban J connectivity index is 1.77. The first kappa shape index (κ1) is 23.4. The molecule has 1 saturated heterocycles. The van der Waals surface area contributed by atoms with E-state index in [1.54, 1.807) is 6.07 Å². The number of benzene rings is 1. The van der Waals surface area contributed by atoms with Gasteiger partial charge in [0.15, 0.2) is 5.75 Å². The van der Waals surface area contributed by atoms with Crippen LogP contribution in [-0.2, 0) is 14.3 Å². The van der Waals surface area contributed by atoms with E-state index < -0.39 is 12.7 Å². The van der Waals surface area contributed by atoms with Gasteiger partial charge >= 0.3 is 6.61 Å². The molecule has 2 aliphatic rings. The smallest absolute Gasteiger partial charge is 0.387 e. The summed E-state index contributed by atoms with van der Waals surface area (Å²) in [7, 11) is 0. The molecule has 0 spiro atoms. The number of carbonyl (C=O) groups excluding carboxylic acids is 2. The van der Waals surface area contributed by atoms with Gasteiger partial charge in [0.05, 0.1) is 12.3 Å². The van der Waals surface area contributed by atoms with Crippen LogP contribution in [0.15, 0.2) is 18.2 Å². The average Bonchev–Trinajstić information content (AvgIpc) is 2.71. The Kier molecular flexibility index (Phi) is 8.16. The first-order chi connectivity index (χ1) is 14.9. The Hall–Kier alpha value is -2.30. The third kappa shape index (κ3) is 5.90. The Bertz CT molecular complexity index is 776. The minimum atomic E-state index is -3.08. The highest BCUT2D eigenvalue weighted by atomic mass is 19.3. The lowest BCUT2D eigenvalue weighted by Crippen LogP contribution is -2.50. The van der Waals surface area contributed by atoms with Crippen molar-refractivity contribution in [2.45, 2.75) is 38.8 Å². The molecule has 3 rings (SSSR count). The lowest BCUT2D eigenvalue weighted by molar-refractivity contribution is -0.125. The van der Waals surface area contributed by atoms with Crippen molar-refractivity contribution in [2.75, 3.05) is 49.6 Å². The SMILES string of the molecule is CCN(CC1CCC1)[C@@H](CN)C(=O)Nc1ccc(N2CCOCC2=O)cc1OC(F)F. The summed E-state index contributed by atoms with van der Waals surface area (Å²) < 4.78 is 35.8. The van der Waals surface area contributed by atoms with Gasteiger partial charge in [-0.2, -0.15) is 8.78 Å². The van der Waals surface area contributed by atoms with E-state index in [4.69, 9.17) is 10.5 Å². The maximum Gasteiger partial charge on any atom is 0.387 e. The monoisotopic (exact) mass is 440 g/mol. The van der Waals surface area contributed by atoms with Crippen molar-refractivity contribution in [2.24, 2.45) is 11.7 Å². The van der Waals surface area contributed by atoms with Crippen molar-refractivity contribution in [1.82, 2.24) is 4.90 Å². The van der Waals surface area contributed by atoms with Crippen molar-refractivity contribution >= 4 is 23.2 Å². The molecular weight excluding hydrogens is 410 g/mol. The zero-order valence-electron chi connectivity index (χ0n) is 17.7. The lowest BCUT2D eigenvalue weighted by atomic mass is 9.85. The van der Waals surface area contributed by atoms with Gasteiger partial charge in [-0.15, -0.1) is 0 Å². The number of nitrogens with two attached hydrogens (primary N) is 1. The van der Waals surface area contributed by atoms with Crippen molar-refractivity contribution in [3.8, 4) is 5.75 Å². The third-order valence-electron chi connectivity index (χ3n) is 5.83. The molecule has 1 saturated carbocycles. The van der Waals surface area contributed by atoms with Crippen molar-refractivity contribution in [1.29, 1.82) is 0 Å². The van der Waals surface area contributed by atoms with Crippen LogP contribution in [0.2, 0.25) is 0 Å². The summed E-state index contributed by atoms with van der Waals surface area (Å²) in [5.41, 5.74) is 6.39. The summed E-state index contributed by atoms with van der Waals surface area (Å²) in [6.45, 7) is 1.01. The molecule has 8 nitrogen and oxygen atoms in total. The van der Waals surface area contributed by atoms with E-state index in [-0.39, 0.29) is 36.4 Å². The molecule has 2 amide bonds. The number of amides is 2. The van der Waals surface area contributed by atoms with E-state index in [1.807, 2.05) is 11.8 Å². The zero-order chi connectivity index (χ0) is 22.4. The maximum atomic E-state index is 13.0. The fraction of sp³-hybridized carbons (Fsp3) is 0.619. The molecule has 1 atom stereocenters. The van der Waals surface area contributed by atoms with E-state index in [9.17, 15) is 18.4 Å². The summed E-state index contributed by atoms with van der Waals surface area (Å²) in [5, 5.41) is 2.69. The number of morpholine rings is 1. The molecule has 0 bridgehead atoms. The molecule has 172 valence electrons. The highest BCUT2D eigenvalue weighted by Gasteiger charge is 2.29. The minimum absolute atomic E-state index is 0.0739. The molecule has 2 fully saturated rings. The van der Waals surface area contributed by atoms with Crippen LogP contribution in [0.3, 0.4) is 0 Å². The number of carbonyl (C=O) groups is 2. The molecule has 3 N–H and O–H groups in total. The second kappa shape index (κ2) is 10.8. The van der Waals surface area contributed by atoms with Crippen molar-refractivity contribution in [3.05, 3.63) is 18.2 Å². The molecule has 0 unspecified atom stereocenters. The van der Waals surface area contributed by atoms with Gasteiger partial charge in [-0.05, 0) is 37.4 Å². The van der Waals surface area contributed by atoms with Crippen LogP contribution in [0.5, 0.6) is 5.75 Å². The molecule has 1 aromatic carbocycles. The summed E-state index contributed by atoms with van der Waals surface area (Å²) in [6, 6.07) is 3.80. The second-order valence-corrected chi connectivity index (χ2v) is 7.78. The molecule has 31 heavy (non-hydrogen) atoms. The Morgan fingerprint density at radius 1 is 1.42 bits per heavy atom. The van der Waals surface area contributed by atoms with E-state index in [0.717, 1.165) is 19.4 Å². The molecule has 10 heteroatoms. The summed E-state index contributed by atoms with van der Waals surface area (Å²) >= 11 is 0. The van der Waals surface area contributed by atoms with Gasteiger partial charge < -0.3 is 25.4 Å². The molecule has 1 aliphatic carbocycles. The Morgan fingerprint density at radius 2 is 2.19 bits per heavy atom. The van der Waals surface area contributed by atoms with Gasteiger partial charge in [0, 0.05) is 31.4 Å². The number of nitrogens with one attached hydrogen (secondary N) is 1. The molecule has 1 aliphatic heterocycles. The van der Waals surface area contributed by atoms with E-state index >= 15 is 0 Å². The molecule has 1 aromatic rings. The average molecular weight is 440 g/mol. The van der Waals surface area contributed by atoms with Gasteiger partial charge in [-0.3, -0.25) is 14.5 Å². The van der Waals surface area contributed by atoms with E-state index in [0.29, 0.717) is 31.3 Å². The third-order valence-corrected chi connectivity index (χ3v) is 5.83. The number of likely N-dealkylation sites (N-methyl/N-ethyl adjacent to an activating group) is 1.